The lowest BCUT2D eigenvalue weighted by atomic mass is 10.9. The Labute approximate surface area is 29.5 Å². The molecule has 0 unspecified atom stereocenters. The second-order valence-corrected chi connectivity index (χ2v) is 0.374. The molecule has 0 aromatic rings. The van der Waals surface area contributed by atoms with Crippen LogP contribution in [0.2, 0.25) is 0 Å². The average Bonchev–Trinajstić information content (AvgIpc) is 1.37. The van der Waals surface area contributed by atoms with Crippen molar-refractivity contribution < 1.29 is 9.91 Å². The van der Waals surface area contributed by atoms with Crippen molar-refractivity contribution in [2.75, 3.05) is 0 Å². The highest BCUT2D eigenvalue weighted by atomic mass is 19.0. The monoisotopic (exact) mass is 79.0 g/mol. The van der Waals surface area contributed by atoms with Gasteiger partial charge >= 0.3 is 0 Å². The maximum absolute atomic E-state index is 7.44. The van der Waals surface area contributed by atoms with E-state index in [-0.39, 0.29) is 4.70 Å². The van der Waals surface area contributed by atoms with E-state index in [0.717, 1.165) is 0 Å². The van der Waals surface area contributed by atoms with Crippen molar-refractivity contribution >= 4 is 6.21 Å². The van der Waals surface area contributed by atoms with E-state index in [4.69, 9.17) is 5.21 Å². The zero-order valence-corrected chi connectivity index (χ0v) is 2.88. The third kappa shape index (κ3) is 41.7. The van der Waals surface area contributed by atoms with E-state index in [1.807, 2.05) is 0 Å². The first-order chi connectivity index (χ1) is 1.91. The standard InChI is InChI=1S/C2H5NO.FH/c1-2-3-4;/h2,4H,1H3;1H/b3-2+;. The van der Waals surface area contributed by atoms with E-state index in [1.54, 1.807) is 6.92 Å². The summed E-state index contributed by atoms with van der Waals surface area (Å²) in [5.74, 6) is 0. The molecule has 0 aliphatic rings. The van der Waals surface area contributed by atoms with Crippen LogP contribution in [0.3, 0.4) is 0 Å². The Morgan fingerprint density at radius 1 is 1.80 bits per heavy atom. The van der Waals surface area contributed by atoms with Crippen LogP contribution in [0.15, 0.2) is 5.16 Å². The van der Waals surface area contributed by atoms with Crippen LogP contribution in [0.25, 0.3) is 0 Å². The van der Waals surface area contributed by atoms with Gasteiger partial charge < -0.3 is 5.21 Å². The van der Waals surface area contributed by atoms with Crippen molar-refractivity contribution in [1.82, 2.24) is 0 Å². The third-order valence-electron chi connectivity index (χ3n) is 0.115. The molecule has 0 aliphatic heterocycles. The maximum atomic E-state index is 7.44. The lowest BCUT2D eigenvalue weighted by Gasteiger charge is -1.54. The molecular weight excluding hydrogens is 73.0 g/mol. The predicted molar refractivity (Wildman–Crippen MR) is 18.5 cm³/mol. The van der Waals surface area contributed by atoms with Gasteiger partial charge in [0.05, 0.1) is 0 Å². The van der Waals surface area contributed by atoms with E-state index in [9.17, 15) is 0 Å². The third-order valence-corrected chi connectivity index (χ3v) is 0.115. The minimum Gasteiger partial charge on any atom is -0.411 e. The highest BCUT2D eigenvalue weighted by Crippen LogP contribution is 1.38. The summed E-state index contributed by atoms with van der Waals surface area (Å²) in [7, 11) is 0. The van der Waals surface area contributed by atoms with E-state index < -0.39 is 0 Å². The van der Waals surface area contributed by atoms with Gasteiger partial charge in [-0.3, -0.25) is 4.70 Å². The number of hydrogen-bond acceptors (Lipinski definition) is 2. The first-order valence-electron chi connectivity index (χ1n) is 1.04. The van der Waals surface area contributed by atoms with Gasteiger partial charge in [-0.2, -0.15) is 0 Å². The smallest absolute Gasteiger partial charge is 0.0404 e. The minimum atomic E-state index is 0. The van der Waals surface area contributed by atoms with Gasteiger partial charge in [-0.1, -0.05) is 0 Å². The van der Waals surface area contributed by atoms with Gasteiger partial charge in [-0.25, -0.2) is 0 Å². The summed E-state index contributed by atoms with van der Waals surface area (Å²) in [6.07, 6.45) is 1.31. The van der Waals surface area contributed by atoms with E-state index in [0.29, 0.717) is 0 Å². The van der Waals surface area contributed by atoms with Crippen molar-refractivity contribution in [1.29, 1.82) is 0 Å². The highest BCUT2D eigenvalue weighted by molar-refractivity contribution is 5.51. The molecule has 0 rings (SSSR count). The van der Waals surface area contributed by atoms with Gasteiger partial charge in [0, 0.05) is 6.21 Å². The molecule has 2 nitrogen and oxygen atoms in total. The summed E-state index contributed by atoms with van der Waals surface area (Å²) in [5, 5.41) is 10.1. The summed E-state index contributed by atoms with van der Waals surface area (Å²) in [5.41, 5.74) is 0. The van der Waals surface area contributed by atoms with Gasteiger partial charge in [-0.05, 0) is 6.92 Å². The van der Waals surface area contributed by atoms with Crippen LogP contribution < -0.4 is 0 Å². The predicted octanol–water partition coefficient (Wildman–Crippen LogP) is 0.619. The van der Waals surface area contributed by atoms with Crippen LogP contribution in [-0.2, 0) is 0 Å². The Hall–Kier alpha value is -0.600. The van der Waals surface area contributed by atoms with Gasteiger partial charge in [0.1, 0.15) is 0 Å². The fourth-order valence-corrected chi connectivity index (χ4v) is 0. The molecule has 0 spiro atoms. The van der Waals surface area contributed by atoms with Crippen molar-refractivity contribution in [3.8, 4) is 0 Å². The quantitative estimate of drug-likeness (QED) is 0.257. The molecule has 0 atom stereocenters. The molecular formula is C2H6FNO. The van der Waals surface area contributed by atoms with Crippen molar-refractivity contribution in [3.05, 3.63) is 0 Å². The minimum absolute atomic E-state index is 0. The topological polar surface area (TPSA) is 32.6 Å². The Balaban J connectivity index is 0. The fraction of sp³-hybridized carbons (Fsp3) is 0.500. The first-order valence-corrected chi connectivity index (χ1v) is 1.04. The SMILES string of the molecule is C/C=N/O.F. The zero-order valence-electron chi connectivity index (χ0n) is 2.88. The Bertz CT molecular complexity index is 24.8. The summed E-state index contributed by atoms with van der Waals surface area (Å²) < 4.78 is 0. The Morgan fingerprint density at radius 2 is 2.00 bits per heavy atom. The highest BCUT2D eigenvalue weighted by Gasteiger charge is 1.34. The molecule has 0 heterocycles. The van der Waals surface area contributed by atoms with Crippen LogP contribution >= 0.6 is 0 Å². The van der Waals surface area contributed by atoms with Crippen LogP contribution in [-0.4, -0.2) is 11.4 Å². The molecule has 32 valence electrons. The largest absolute Gasteiger partial charge is 0.411 e. The number of halogens is 1. The molecule has 0 aromatic carbocycles. The molecule has 5 heavy (non-hydrogen) atoms. The lowest BCUT2D eigenvalue weighted by Crippen LogP contribution is -1.49. The average molecular weight is 79.1 g/mol. The van der Waals surface area contributed by atoms with Crippen LogP contribution in [0.1, 0.15) is 6.92 Å². The number of oxime groups is 1. The molecule has 3 heteroatoms. The Kier molecular flexibility index (Phi) is 17.6. The molecule has 0 bridgehead atoms. The van der Waals surface area contributed by atoms with Gasteiger partial charge in [-0.15, -0.1) is 5.16 Å². The summed E-state index contributed by atoms with van der Waals surface area (Å²) >= 11 is 0. The molecule has 1 N–H and O–H groups in total. The molecule has 0 aromatic heterocycles. The Morgan fingerprint density at radius 3 is 2.00 bits per heavy atom. The van der Waals surface area contributed by atoms with Crippen molar-refractivity contribution in [2.24, 2.45) is 5.16 Å². The van der Waals surface area contributed by atoms with Gasteiger partial charge in [0.25, 0.3) is 0 Å². The summed E-state index contributed by atoms with van der Waals surface area (Å²) in [4.78, 5) is 0. The maximum Gasteiger partial charge on any atom is 0.0404 e. The number of hydrogen-bond donors (Lipinski definition) is 1. The van der Waals surface area contributed by atoms with Crippen LogP contribution in [0.4, 0.5) is 4.70 Å². The number of rotatable bonds is 0. The molecule has 0 saturated heterocycles. The lowest BCUT2D eigenvalue weighted by molar-refractivity contribution is 0.321. The summed E-state index contributed by atoms with van der Waals surface area (Å²) in [6.45, 7) is 1.64. The zero-order chi connectivity index (χ0) is 3.41. The van der Waals surface area contributed by atoms with Gasteiger partial charge in [0.2, 0.25) is 0 Å². The first kappa shape index (κ1) is 8.83. The van der Waals surface area contributed by atoms with E-state index >= 15 is 0 Å². The second kappa shape index (κ2) is 9.99. The molecule has 0 fully saturated rings. The molecule has 0 amide bonds. The fourth-order valence-electron chi connectivity index (χ4n) is 0. The second-order valence-electron chi connectivity index (χ2n) is 0.374. The normalized spacial score (nSPS) is 7.40. The summed E-state index contributed by atoms with van der Waals surface area (Å²) in [6, 6.07) is 0. The van der Waals surface area contributed by atoms with Crippen LogP contribution in [0.5, 0.6) is 0 Å². The van der Waals surface area contributed by atoms with E-state index in [2.05, 4.69) is 5.16 Å². The van der Waals surface area contributed by atoms with Crippen molar-refractivity contribution in [2.45, 2.75) is 6.92 Å². The van der Waals surface area contributed by atoms with Crippen molar-refractivity contribution in [3.63, 3.8) is 0 Å². The molecule has 0 radical (unpaired) electrons. The van der Waals surface area contributed by atoms with E-state index in [1.165, 1.54) is 6.21 Å². The van der Waals surface area contributed by atoms with Gasteiger partial charge in [0.15, 0.2) is 0 Å². The molecule has 0 saturated carbocycles. The molecule has 0 aliphatic carbocycles. The number of nitrogens with zero attached hydrogens (tertiary/aromatic N) is 1. The van der Waals surface area contributed by atoms with Crippen LogP contribution in [0, 0.1) is 0 Å².